The van der Waals surface area contributed by atoms with Gasteiger partial charge < -0.3 is 9.47 Å². The van der Waals surface area contributed by atoms with Gasteiger partial charge in [-0.1, -0.05) is 36.8 Å². The van der Waals surface area contributed by atoms with Crippen LogP contribution in [0.4, 0.5) is 0 Å². The SMILES string of the molecule is c1ccc(CCCCCC2OCCO2)cc1. The van der Waals surface area contributed by atoms with Crippen molar-refractivity contribution in [2.45, 2.75) is 38.4 Å². The fourth-order valence-electron chi connectivity index (χ4n) is 2.04. The molecule has 0 atom stereocenters. The number of hydrogen-bond acceptors (Lipinski definition) is 2. The number of aryl methyl sites for hydroxylation is 1. The predicted molar refractivity (Wildman–Crippen MR) is 64.3 cm³/mol. The lowest BCUT2D eigenvalue weighted by molar-refractivity contribution is -0.0479. The number of unbranched alkanes of at least 4 members (excludes halogenated alkanes) is 2. The third-order valence-electron chi connectivity index (χ3n) is 2.94. The standard InChI is InChI=1S/C14H20O2/c1-3-7-13(8-4-1)9-5-2-6-10-14-15-11-12-16-14/h1,3-4,7-8,14H,2,5-6,9-12H2. The van der Waals surface area contributed by atoms with E-state index in [0.29, 0.717) is 0 Å². The summed E-state index contributed by atoms with van der Waals surface area (Å²) in [6.45, 7) is 1.55. The Kier molecular flexibility index (Phi) is 4.84. The van der Waals surface area contributed by atoms with E-state index >= 15 is 0 Å². The van der Waals surface area contributed by atoms with Gasteiger partial charge in [0.05, 0.1) is 13.2 Å². The van der Waals surface area contributed by atoms with E-state index < -0.39 is 0 Å². The molecule has 1 aromatic carbocycles. The summed E-state index contributed by atoms with van der Waals surface area (Å²) in [5.41, 5.74) is 1.44. The second kappa shape index (κ2) is 6.66. The van der Waals surface area contributed by atoms with Crippen molar-refractivity contribution in [3.8, 4) is 0 Å². The molecule has 0 N–H and O–H groups in total. The molecule has 0 saturated carbocycles. The molecule has 0 spiro atoms. The molecular weight excluding hydrogens is 200 g/mol. The lowest BCUT2D eigenvalue weighted by atomic mass is 10.1. The van der Waals surface area contributed by atoms with Crippen molar-refractivity contribution in [3.63, 3.8) is 0 Å². The summed E-state index contributed by atoms with van der Waals surface area (Å²) in [5, 5.41) is 0. The van der Waals surface area contributed by atoms with Crippen LogP contribution in [0.1, 0.15) is 31.2 Å². The molecule has 0 amide bonds. The molecule has 1 fully saturated rings. The van der Waals surface area contributed by atoms with Crippen LogP contribution in [0.25, 0.3) is 0 Å². The summed E-state index contributed by atoms with van der Waals surface area (Å²) in [7, 11) is 0. The molecule has 2 heteroatoms. The van der Waals surface area contributed by atoms with Gasteiger partial charge >= 0.3 is 0 Å². The van der Waals surface area contributed by atoms with Crippen molar-refractivity contribution >= 4 is 0 Å². The Bertz CT molecular complexity index is 278. The van der Waals surface area contributed by atoms with Gasteiger partial charge in [-0.3, -0.25) is 0 Å². The minimum absolute atomic E-state index is 0.0803. The molecule has 0 aromatic heterocycles. The van der Waals surface area contributed by atoms with Crippen molar-refractivity contribution in [1.82, 2.24) is 0 Å². The predicted octanol–water partition coefficient (Wildman–Crippen LogP) is 3.16. The van der Waals surface area contributed by atoms with Gasteiger partial charge in [0, 0.05) is 0 Å². The molecule has 0 bridgehead atoms. The van der Waals surface area contributed by atoms with Crippen LogP contribution in [-0.4, -0.2) is 19.5 Å². The molecule has 88 valence electrons. The van der Waals surface area contributed by atoms with Crippen molar-refractivity contribution < 1.29 is 9.47 Å². The first-order chi connectivity index (χ1) is 7.95. The normalized spacial score (nSPS) is 16.8. The highest BCUT2D eigenvalue weighted by atomic mass is 16.7. The molecule has 2 rings (SSSR count). The summed E-state index contributed by atoms with van der Waals surface area (Å²) in [4.78, 5) is 0. The largest absolute Gasteiger partial charge is 0.350 e. The molecule has 2 nitrogen and oxygen atoms in total. The Morgan fingerprint density at radius 2 is 1.69 bits per heavy atom. The Hall–Kier alpha value is -0.860. The minimum Gasteiger partial charge on any atom is -0.350 e. The summed E-state index contributed by atoms with van der Waals surface area (Å²) in [5.74, 6) is 0. The second-order valence-corrected chi connectivity index (χ2v) is 4.26. The van der Waals surface area contributed by atoms with Gasteiger partial charge in [0.15, 0.2) is 6.29 Å². The maximum atomic E-state index is 5.40. The van der Waals surface area contributed by atoms with Gasteiger partial charge in [0.1, 0.15) is 0 Å². The van der Waals surface area contributed by atoms with Crippen LogP contribution in [-0.2, 0) is 15.9 Å². The van der Waals surface area contributed by atoms with Crippen molar-refractivity contribution in [2.75, 3.05) is 13.2 Å². The highest BCUT2D eigenvalue weighted by Crippen LogP contribution is 2.13. The maximum Gasteiger partial charge on any atom is 0.157 e. The quantitative estimate of drug-likeness (QED) is 0.686. The highest BCUT2D eigenvalue weighted by molar-refractivity contribution is 5.14. The second-order valence-electron chi connectivity index (χ2n) is 4.26. The Balaban J connectivity index is 1.52. The first kappa shape index (κ1) is 11.6. The molecule has 0 radical (unpaired) electrons. The average molecular weight is 220 g/mol. The third kappa shape index (κ3) is 3.95. The zero-order valence-corrected chi connectivity index (χ0v) is 9.73. The molecule has 16 heavy (non-hydrogen) atoms. The first-order valence-electron chi connectivity index (χ1n) is 6.22. The summed E-state index contributed by atoms with van der Waals surface area (Å²) >= 11 is 0. The van der Waals surface area contributed by atoms with Gasteiger partial charge in [0.2, 0.25) is 0 Å². The zero-order chi connectivity index (χ0) is 11.1. The van der Waals surface area contributed by atoms with Crippen molar-refractivity contribution in [1.29, 1.82) is 0 Å². The number of benzene rings is 1. The highest BCUT2D eigenvalue weighted by Gasteiger charge is 2.14. The summed E-state index contributed by atoms with van der Waals surface area (Å²) < 4.78 is 10.8. The Morgan fingerprint density at radius 1 is 0.938 bits per heavy atom. The van der Waals surface area contributed by atoms with Crippen LogP contribution < -0.4 is 0 Å². The van der Waals surface area contributed by atoms with Crippen LogP contribution in [0.3, 0.4) is 0 Å². The van der Waals surface area contributed by atoms with E-state index in [2.05, 4.69) is 30.3 Å². The minimum atomic E-state index is 0.0803. The fraction of sp³-hybridized carbons (Fsp3) is 0.571. The first-order valence-corrected chi connectivity index (χ1v) is 6.22. The van der Waals surface area contributed by atoms with E-state index in [1.807, 2.05) is 0 Å². The van der Waals surface area contributed by atoms with Crippen LogP contribution >= 0.6 is 0 Å². The van der Waals surface area contributed by atoms with E-state index in [0.717, 1.165) is 19.6 Å². The topological polar surface area (TPSA) is 18.5 Å². The van der Waals surface area contributed by atoms with Crippen LogP contribution in [0.2, 0.25) is 0 Å². The maximum absolute atomic E-state index is 5.40. The number of rotatable bonds is 6. The molecule has 1 aliphatic heterocycles. The van der Waals surface area contributed by atoms with Crippen LogP contribution in [0.15, 0.2) is 30.3 Å². The number of hydrogen-bond donors (Lipinski definition) is 0. The van der Waals surface area contributed by atoms with Gasteiger partial charge in [0.25, 0.3) is 0 Å². The van der Waals surface area contributed by atoms with Crippen molar-refractivity contribution in [3.05, 3.63) is 35.9 Å². The average Bonchev–Trinajstić information content (AvgIpc) is 2.83. The van der Waals surface area contributed by atoms with E-state index in [1.54, 1.807) is 0 Å². The van der Waals surface area contributed by atoms with Crippen molar-refractivity contribution in [2.24, 2.45) is 0 Å². The van der Waals surface area contributed by atoms with Gasteiger partial charge in [-0.2, -0.15) is 0 Å². The molecular formula is C14H20O2. The lowest BCUT2D eigenvalue weighted by Crippen LogP contribution is -2.06. The van der Waals surface area contributed by atoms with Gasteiger partial charge in [-0.25, -0.2) is 0 Å². The molecule has 1 aliphatic rings. The number of ether oxygens (including phenoxy) is 2. The molecule has 0 aliphatic carbocycles. The van der Waals surface area contributed by atoms with Crippen LogP contribution in [0, 0.1) is 0 Å². The monoisotopic (exact) mass is 220 g/mol. The molecule has 1 aromatic rings. The van der Waals surface area contributed by atoms with E-state index in [9.17, 15) is 0 Å². The van der Waals surface area contributed by atoms with Gasteiger partial charge in [-0.05, 0) is 31.2 Å². The third-order valence-corrected chi connectivity index (χ3v) is 2.94. The molecule has 1 heterocycles. The smallest absolute Gasteiger partial charge is 0.157 e. The zero-order valence-electron chi connectivity index (χ0n) is 9.73. The van der Waals surface area contributed by atoms with E-state index in [-0.39, 0.29) is 6.29 Å². The lowest BCUT2D eigenvalue weighted by Gasteiger charge is -2.08. The van der Waals surface area contributed by atoms with E-state index in [4.69, 9.17) is 9.47 Å². The molecule has 1 saturated heterocycles. The summed E-state index contributed by atoms with van der Waals surface area (Å²) in [6.07, 6.45) is 6.05. The van der Waals surface area contributed by atoms with Gasteiger partial charge in [-0.15, -0.1) is 0 Å². The van der Waals surface area contributed by atoms with E-state index in [1.165, 1.54) is 31.2 Å². The summed E-state index contributed by atoms with van der Waals surface area (Å²) in [6, 6.07) is 10.7. The molecule has 0 unspecified atom stereocenters. The Labute approximate surface area is 97.6 Å². The Morgan fingerprint density at radius 3 is 2.44 bits per heavy atom. The van der Waals surface area contributed by atoms with Crippen LogP contribution in [0.5, 0.6) is 0 Å². The fourth-order valence-corrected chi connectivity index (χ4v) is 2.04.